The van der Waals surface area contributed by atoms with Gasteiger partial charge in [-0.25, -0.2) is 19.0 Å². The van der Waals surface area contributed by atoms with Gasteiger partial charge in [-0.3, -0.25) is 0 Å². The number of hydrogen-bond donors (Lipinski definition) is 3. The topological polar surface area (TPSA) is 99.5 Å². The summed E-state index contributed by atoms with van der Waals surface area (Å²) in [5.41, 5.74) is 0.733. The number of nitrogens with one attached hydrogen (secondary N) is 1. The van der Waals surface area contributed by atoms with Crippen LogP contribution in [0.2, 0.25) is 5.02 Å². The van der Waals surface area contributed by atoms with E-state index in [4.69, 9.17) is 11.6 Å². The van der Waals surface area contributed by atoms with Gasteiger partial charge in [-0.15, -0.1) is 0 Å². The van der Waals surface area contributed by atoms with Gasteiger partial charge in [0.1, 0.15) is 23.2 Å². The van der Waals surface area contributed by atoms with Crippen LogP contribution < -0.4 is 5.32 Å². The summed E-state index contributed by atoms with van der Waals surface area (Å²) in [6, 6.07) is 10.5. The second-order valence-electron chi connectivity index (χ2n) is 5.90. The minimum absolute atomic E-state index is 0.0491. The lowest BCUT2D eigenvalue weighted by Crippen LogP contribution is -2.32. The number of rotatable bonds is 6. The first kappa shape index (κ1) is 18.6. The van der Waals surface area contributed by atoms with E-state index in [-0.39, 0.29) is 17.8 Å². The van der Waals surface area contributed by atoms with Gasteiger partial charge < -0.3 is 15.5 Å². The first-order valence-electron chi connectivity index (χ1n) is 7.91. The zero-order chi connectivity index (χ0) is 19.6. The van der Waals surface area contributed by atoms with E-state index in [1.807, 2.05) is 0 Å². The molecule has 0 amide bonds. The molecule has 3 N–H and O–H groups in total. The molecule has 0 saturated carbocycles. The Morgan fingerprint density at radius 3 is 2.59 bits per heavy atom. The van der Waals surface area contributed by atoms with Gasteiger partial charge >= 0.3 is 11.9 Å². The monoisotopic (exact) mass is 388 g/mol. The number of pyridine rings is 1. The van der Waals surface area contributed by atoms with Crippen molar-refractivity contribution in [2.75, 3.05) is 5.32 Å². The molecule has 0 fully saturated rings. The molecular formula is C19H14ClFN2O4. The lowest BCUT2D eigenvalue weighted by molar-refractivity contribution is -0.137. The Hall–Kier alpha value is -3.19. The molecule has 6 nitrogen and oxygen atoms in total. The predicted molar refractivity (Wildman–Crippen MR) is 98.9 cm³/mol. The summed E-state index contributed by atoms with van der Waals surface area (Å²) in [7, 11) is 0. The fraction of sp³-hybridized carbons (Fsp3) is 0.105. The van der Waals surface area contributed by atoms with Gasteiger partial charge in [0.15, 0.2) is 0 Å². The smallest absolute Gasteiger partial charge is 0.339 e. The van der Waals surface area contributed by atoms with E-state index >= 15 is 0 Å². The van der Waals surface area contributed by atoms with E-state index in [0.717, 1.165) is 0 Å². The van der Waals surface area contributed by atoms with Crippen molar-refractivity contribution >= 4 is 40.3 Å². The molecule has 3 rings (SSSR count). The summed E-state index contributed by atoms with van der Waals surface area (Å²) in [5, 5.41) is 22.6. The van der Waals surface area contributed by atoms with Crippen LogP contribution in [0.25, 0.3) is 10.9 Å². The molecule has 0 spiro atoms. The summed E-state index contributed by atoms with van der Waals surface area (Å²) in [5.74, 6) is -3.04. The van der Waals surface area contributed by atoms with Crippen molar-refractivity contribution in [3.05, 3.63) is 70.5 Å². The molecule has 0 bridgehead atoms. The summed E-state index contributed by atoms with van der Waals surface area (Å²) < 4.78 is 13.4. The van der Waals surface area contributed by atoms with Gasteiger partial charge in [-0.1, -0.05) is 23.7 Å². The number of halogens is 2. The highest BCUT2D eigenvalue weighted by molar-refractivity contribution is 6.31. The minimum Gasteiger partial charge on any atom is -0.480 e. The number of aliphatic carboxylic acids is 1. The third kappa shape index (κ3) is 4.32. The van der Waals surface area contributed by atoms with Crippen molar-refractivity contribution in [1.82, 2.24) is 4.98 Å². The molecule has 0 aliphatic heterocycles. The maximum Gasteiger partial charge on any atom is 0.339 e. The molecular weight excluding hydrogens is 375 g/mol. The zero-order valence-electron chi connectivity index (χ0n) is 13.8. The molecule has 27 heavy (non-hydrogen) atoms. The zero-order valence-corrected chi connectivity index (χ0v) is 14.6. The Morgan fingerprint density at radius 2 is 1.93 bits per heavy atom. The standard InChI is InChI=1S/C19H14ClFN2O4/c20-12-4-5-15-11(8-12)9-14(18(24)25)17(22-15)23-16(19(26)27)7-10-2-1-3-13(21)6-10/h1-6,8-9,16H,7H2,(H,22,23)(H,24,25)(H,26,27). The summed E-state index contributed by atoms with van der Waals surface area (Å²) in [4.78, 5) is 27.5. The fourth-order valence-corrected chi connectivity index (χ4v) is 2.87. The van der Waals surface area contributed by atoms with Crippen LogP contribution in [0.3, 0.4) is 0 Å². The van der Waals surface area contributed by atoms with Crippen LogP contribution in [-0.2, 0) is 11.2 Å². The summed E-state index contributed by atoms with van der Waals surface area (Å²) in [6.45, 7) is 0. The van der Waals surface area contributed by atoms with Crippen LogP contribution in [0, 0.1) is 5.82 Å². The maximum atomic E-state index is 13.4. The predicted octanol–water partition coefficient (Wildman–Crippen LogP) is 3.83. The van der Waals surface area contributed by atoms with Gasteiger partial charge in [0.2, 0.25) is 0 Å². The summed E-state index contributed by atoms with van der Waals surface area (Å²) >= 11 is 5.92. The van der Waals surface area contributed by atoms with Crippen molar-refractivity contribution in [2.45, 2.75) is 12.5 Å². The van der Waals surface area contributed by atoms with E-state index in [1.54, 1.807) is 24.3 Å². The number of hydrogen-bond acceptors (Lipinski definition) is 4. The van der Waals surface area contributed by atoms with Crippen molar-refractivity contribution < 1.29 is 24.2 Å². The Balaban J connectivity index is 1.98. The van der Waals surface area contributed by atoms with Gasteiger partial charge in [0, 0.05) is 16.8 Å². The number of carboxylic acid groups (broad SMARTS) is 2. The molecule has 2 aromatic carbocycles. The van der Waals surface area contributed by atoms with Crippen molar-refractivity contribution in [2.24, 2.45) is 0 Å². The number of fused-ring (bicyclic) bond motifs is 1. The quantitative estimate of drug-likeness (QED) is 0.593. The van der Waals surface area contributed by atoms with E-state index in [1.165, 1.54) is 24.3 Å². The fourth-order valence-electron chi connectivity index (χ4n) is 2.69. The molecule has 138 valence electrons. The van der Waals surface area contributed by atoms with Crippen LogP contribution in [0.5, 0.6) is 0 Å². The largest absolute Gasteiger partial charge is 0.480 e. The normalized spacial score (nSPS) is 11.9. The number of anilines is 1. The van der Waals surface area contributed by atoms with Crippen LogP contribution in [0.15, 0.2) is 48.5 Å². The number of carbonyl (C=O) groups is 2. The molecule has 0 saturated heterocycles. The first-order valence-corrected chi connectivity index (χ1v) is 8.28. The van der Waals surface area contributed by atoms with Crippen LogP contribution in [-0.4, -0.2) is 33.2 Å². The number of nitrogens with zero attached hydrogens (tertiary/aromatic N) is 1. The van der Waals surface area contributed by atoms with Crippen LogP contribution in [0.4, 0.5) is 10.2 Å². The van der Waals surface area contributed by atoms with E-state index in [9.17, 15) is 24.2 Å². The number of aromatic carboxylic acids is 1. The van der Waals surface area contributed by atoms with Gasteiger partial charge in [-0.2, -0.15) is 0 Å². The molecule has 1 atom stereocenters. The highest BCUT2D eigenvalue weighted by Gasteiger charge is 2.22. The third-order valence-electron chi connectivity index (χ3n) is 3.95. The number of aromatic nitrogens is 1. The Morgan fingerprint density at radius 1 is 1.15 bits per heavy atom. The van der Waals surface area contributed by atoms with E-state index in [2.05, 4.69) is 10.3 Å². The van der Waals surface area contributed by atoms with Crippen molar-refractivity contribution in [3.63, 3.8) is 0 Å². The summed E-state index contributed by atoms with van der Waals surface area (Å²) in [6.07, 6.45) is -0.0491. The average molecular weight is 389 g/mol. The SMILES string of the molecule is O=C(O)c1cc2cc(Cl)ccc2nc1NC(Cc1cccc(F)c1)C(=O)O. The lowest BCUT2D eigenvalue weighted by atomic mass is 10.1. The van der Waals surface area contributed by atoms with Crippen molar-refractivity contribution in [3.8, 4) is 0 Å². The maximum absolute atomic E-state index is 13.4. The average Bonchev–Trinajstić information content (AvgIpc) is 2.60. The van der Waals surface area contributed by atoms with E-state index < -0.39 is 23.8 Å². The molecule has 1 aromatic heterocycles. The van der Waals surface area contributed by atoms with Crippen molar-refractivity contribution in [1.29, 1.82) is 0 Å². The Kier molecular flexibility index (Phi) is 5.23. The highest BCUT2D eigenvalue weighted by Crippen LogP contribution is 2.24. The van der Waals surface area contributed by atoms with Crippen LogP contribution >= 0.6 is 11.6 Å². The molecule has 1 heterocycles. The molecule has 0 radical (unpaired) electrons. The third-order valence-corrected chi connectivity index (χ3v) is 4.18. The second-order valence-corrected chi connectivity index (χ2v) is 6.33. The van der Waals surface area contributed by atoms with Crippen LogP contribution in [0.1, 0.15) is 15.9 Å². The lowest BCUT2D eigenvalue weighted by Gasteiger charge is -2.17. The minimum atomic E-state index is -1.26. The van der Waals surface area contributed by atoms with Gasteiger partial charge in [0.25, 0.3) is 0 Å². The second kappa shape index (κ2) is 7.59. The van der Waals surface area contributed by atoms with Gasteiger partial charge in [0.05, 0.1) is 5.52 Å². The molecule has 0 aliphatic rings. The molecule has 0 aliphatic carbocycles. The van der Waals surface area contributed by atoms with E-state index in [0.29, 0.717) is 21.5 Å². The highest BCUT2D eigenvalue weighted by atomic mass is 35.5. The first-order chi connectivity index (χ1) is 12.8. The Bertz CT molecular complexity index is 1040. The molecule has 3 aromatic rings. The number of carboxylic acids is 2. The molecule has 8 heteroatoms. The Labute approximate surface area is 158 Å². The van der Waals surface area contributed by atoms with Gasteiger partial charge in [-0.05, 0) is 42.0 Å². The number of benzene rings is 2. The molecule has 1 unspecified atom stereocenters.